The van der Waals surface area contributed by atoms with Gasteiger partial charge in [0.05, 0.1) is 15.5 Å². The van der Waals surface area contributed by atoms with E-state index in [0.717, 1.165) is 6.07 Å². The van der Waals surface area contributed by atoms with E-state index in [1.54, 1.807) is 0 Å². The smallest absolute Gasteiger partial charge is 0.334 e. The molecule has 0 bridgehead atoms. The number of nitro groups is 1. The fourth-order valence-corrected chi connectivity index (χ4v) is 1.80. The molecule has 0 saturated heterocycles. The molecule has 0 atom stereocenters. The van der Waals surface area contributed by atoms with Gasteiger partial charge < -0.3 is 4.98 Å². The highest BCUT2D eigenvalue weighted by molar-refractivity contribution is 6.46. The molecule has 1 heterocycles. The number of nitrogens with one attached hydrogen (secondary N) is 1. The summed E-state index contributed by atoms with van der Waals surface area (Å²) in [5, 5.41) is 9.78. The minimum atomic E-state index is -4.70. The van der Waals surface area contributed by atoms with E-state index < -0.39 is 32.7 Å². The van der Waals surface area contributed by atoms with Crippen LogP contribution in [0, 0.1) is 10.1 Å². The molecule has 18 heavy (non-hydrogen) atoms. The topological polar surface area (TPSA) is 71.8 Å². The van der Waals surface area contributed by atoms with Crippen LogP contribution in [0.4, 0.5) is 18.9 Å². The molecule has 96 valence electrons. The van der Waals surface area contributed by atoms with Crippen LogP contribution in [0.5, 0.6) is 0 Å². The molecule has 1 aromatic heterocycles. The number of fused-ring (bicyclic) bond motifs is 1. The standard InChI is InChI=1S/C8H2Cl2F3N3O2/c9-4-3(16(17)18)1-2-6(5(4)10)15-7(14-2)8(11,12)13/h1H,(H,14,15). The van der Waals surface area contributed by atoms with Crippen LogP contribution in [-0.4, -0.2) is 14.9 Å². The van der Waals surface area contributed by atoms with Crippen LogP contribution < -0.4 is 0 Å². The maximum absolute atomic E-state index is 12.4. The van der Waals surface area contributed by atoms with Gasteiger partial charge in [0.2, 0.25) is 5.82 Å². The third-order valence-electron chi connectivity index (χ3n) is 2.10. The van der Waals surface area contributed by atoms with Crippen molar-refractivity contribution >= 4 is 39.9 Å². The fraction of sp³-hybridized carbons (Fsp3) is 0.125. The number of imidazole rings is 1. The van der Waals surface area contributed by atoms with Crippen molar-refractivity contribution in [1.82, 2.24) is 9.97 Å². The zero-order valence-electron chi connectivity index (χ0n) is 8.18. The molecule has 2 aromatic rings. The van der Waals surface area contributed by atoms with Crippen LogP contribution in [-0.2, 0) is 6.18 Å². The molecular weight excluding hydrogens is 298 g/mol. The van der Waals surface area contributed by atoms with E-state index >= 15 is 0 Å². The number of nitrogens with zero attached hydrogens (tertiary/aromatic N) is 2. The number of H-pyrrole nitrogens is 1. The van der Waals surface area contributed by atoms with Crippen LogP contribution >= 0.6 is 23.2 Å². The van der Waals surface area contributed by atoms with Gasteiger partial charge in [0.1, 0.15) is 10.5 Å². The van der Waals surface area contributed by atoms with Gasteiger partial charge in [-0.3, -0.25) is 10.1 Å². The summed E-state index contributed by atoms with van der Waals surface area (Å²) in [6.07, 6.45) is -4.70. The van der Waals surface area contributed by atoms with Gasteiger partial charge in [0, 0.05) is 6.07 Å². The molecule has 0 aliphatic carbocycles. The van der Waals surface area contributed by atoms with Gasteiger partial charge in [-0.2, -0.15) is 13.2 Å². The summed E-state index contributed by atoms with van der Waals surface area (Å²) in [5.41, 5.74) is -1.06. The average molecular weight is 300 g/mol. The maximum atomic E-state index is 12.4. The van der Waals surface area contributed by atoms with E-state index in [9.17, 15) is 23.3 Å². The Hall–Kier alpha value is -1.54. The van der Waals surface area contributed by atoms with Gasteiger partial charge >= 0.3 is 6.18 Å². The van der Waals surface area contributed by atoms with E-state index in [-0.39, 0.29) is 11.0 Å². The highest BCUT2D eigenvalue weighted by Gasteiger charge is 2.35. The first-order valence-electron chi connectivity index (χ1n) is 4.31. The molecule has 1 aromatic carbocycles. The highest BCUT2D eigenvalue weighted by atomic mass is 35.5. The van der Waals surface area contributed by atoms with Gasteiger partial charge in [0.15, 0.2) is 0 Å². The Balaban J connectivity index is 2.78. The molecule has 0 radical (unpaired) electrons. The van der Waals surface area contributed by atoms with Crippen LogP contribution in [0.15, 0.2) is 6.07 Å². The first-order valence-corrected chi connectivity index (χ1v) is 5.06. The molecular formula is C8H2Cl2F3N3O2. The Morgan fingerprint density at radius 3 is 2.44 bits per heavy atom. The van der Waals surface area contributed by atoms with Crippen LogP contribution in [0.25, 0.3) is 11.0 Å². The molecule has 0 spiro atoms. The molecule has 0 fully saturated rings. The summed E-state index contributed by atoms with van der Waals surface area (Å²) in [6, 6.07) is 0.853. The third kappa shape index (κ3) is 1.97. The molecule has 1 N–H and O–H groups in total. The summed E-state index contributed by atoms with van der Waals surface area (Å²) in [4.78, 5) is 14.9. The van der Waals surface area contributed by atoms with Gasteiger partial charge in [0.25, 0.3) is 5.69 Å². The largest absolute Gasteiger partial charge is 0.449 e. The first kappa shape index (κ1) is 12.9. The molecule has 0 aliphatic rings. The van der Waals surface area contributed by atoms with Gasteiger partial charge in [-0.25, -0.2) is 4.98 Å². The van der Waals surface area contributed by atoms with E-state index in [1.807, 2.05) is 4.98 Å². The highest BCUT2D eigenvalue weighted by Crippen LogP contribution is 2.39. The number of alkyl halides is 3. The van der Waals surface area contributed by atoms with Crippen molar-refractivity contribution < 1.29 is 18.1 Å². The second kappa shape index (κ2) is 3.99. The number of halogens is 5. The molecule has 0 aliphatic heterocycles. The Morgan fingerprint density at radius 1 is 1.33 bits per heavy atom. The van der Waals surface area contributed by atoms with E-state index in [2.05, 4.69) is 4.98 Å². The molecule has 5 nitrogen and oxygen atoms in total. The molecule has 0 saturated carbocycles. The van der Waals surface area contributed by atoms with Crippen molar-refractivity contribution in [3.05, 3.63) is 32.1 Å². The van der Waals surface area contributed by atoms with Gasteiger partial charge in [-0.1, -0.05) is 23.2 Å². The van der Waals surface area contributed by atoms with Crippen molar-refractivity contribution in [2.75, 3.05) is 0 Å². The lowest BCUT2D eigenvalue weighted by Crippen LogP contribution is -2.06. The quantitative estimate of drug-likeness (QED) is 0.643. The summed E-state index contributed by atoms with van der Waals surface area (Å²) >= 11 is 11.2. The van der Waals surface area contributed by atoms with Crippen LogP contribution in [0.1, 0.15) is 5.82 Å². The predicted molar refractivity (Wildman–Crippen MR) is 57.8 cm³/mol. The Kier molecular flexibility index (Phi) is 2.86. The summed E-state index contributed by atoms with van der Waals surface area (Å²) in [6.45, 7) is 0. The van der Waals surface area contributed by atoms with Crippen molar-refractivity contribution in [2.45, 2.75) is 6.18 Å². The van der Waals surface area contributed by atoms with E-state index in [0.29, 0.717) is 0 Å². The van der Waals surface area contributed by atoms with Crippen molar-refractivity contribution in [3.8, 4) is 0 Å². The second-order valence-corrected chi connectivity index (χ2v) is 4.02. The normalized spacial score (nSPS) is 12.1. The maximum Gasteiger partial charge on any atom is 0.449 e. The summed E-state index contributed by atoms with van der Waals surface area (Å²) in [5.74, 6) is -1.30. The number of aromatic nitrogens is 2. The van der Waals surface area contributed by atoms with Crippen molar-refractivity contribution in [2.24, 2.45) is 0 Å². The lowest BCUT2D eigenvalue weighted by Gasteiger charge is -1.98. The Labute approximate surface area is 107 Å². The second-order valence-electron chi connectivity index (χ2n) is 3.26. The lowest BCUT2D eigenvalue weighted by molar-refractivity contribution is -0.384. The average Bonchev–Trinajstić information content (AvgIpc) is 2.66. The minimum absolute atomic E-state index is 0.205. The Bertz CT molecular complexity index is 653. The number of aromatic amines is 1. The zero-order chi connectivity index (χ0) is 13.7. The molecule has 0 unspecified atom stereocenters. The zero-order valence-corrected chi connectivity index (χ0v) is 9.69. The molecule has 2 rings (SSSR count). The molecule has 0 amide bonds. The SMILES string of the molecule is O=[N+]([O-])c1cc2[nH]c(C(F)(F)F)nc2c(Cl)c1Cl. The number of hydrogen-bond acceptors (Lipinski definition) is 3. The number of hydrogen-bond donors (Lipinski definition) is 1. The van der Waals surface area contributed by atoms with Crippen molar-refractivity contribution in [1.29, 1.82) is 0 Å². The third-order valence-corrected chi connectivity index (χ3v) is 2.95. The first-order chi connectivity index (χ1) is 8.21. The van der Waals surface area contributed by atoms with Crippen molar-refractivity contribution in [3.63, 3.8) is 0 Å². The van der Waals surface area contributed by atoms with Crippen LogP contribution in [0.2, 0.25) is 10.0 Å². The summed E-state index contributed by atoms with van der Waals surface area (Å²) in [7, 11) is 0. The monoisotopic (exact) mass is 299 g/mol. The fourth-order valence-electron chi connectivity index (χ4n) is 1.34. The number of benzene rings is 1. The van der Waals surface area contributed by atoms with E-state index in [1.165, 1.54) is 0 Å². The Morgan fingerprint density at radius 2 is 1.94 bits per heavy atom. The minimum Gasteiger partial charge on any atom is -0.334 e. The number of rotatable bonds is 1. The van der Waals surface area contributed by atoms with Crippen LogP contribution in [0.3, 0.4) is 0 Å². The summed E-state index contributed by atoms with van der Waals surface area (Å²) < 4.78 is 37.2. The molecule has 10 heteroatoms. The van der Waals surface area contributed by atoms with Gasteiger partial charge in [-0.05, 0) is 0 Å². The van der Waals surface area contributed by atoms with Gasteiger partial charge in [-0.15, -0.1) is 0 Å². The lowest BCUT2D eigenvalue weighted by atomic mass is 10.3. The predicted octanol–water partition coefficient (Wildman–Crippen LogP) is 3.80. The number of nitro benzene ring substituents is 1. The van der Waals surface area contributed by atoms with E-state index in [4.69, 9.17) is 23.2 Å².